The fraction of sp³-hybridized carbons (Fsp3) is 0.208. The lowest BCUT2D eigenvalue weighted by molar-refractivity contribution is -0.0506. The van der Waals surface area contributed by atoms with Gasteiger partial charge in [-0.25, -0.2) is 18.4 Å². The first-order valence-corrected chi connectivity index (χ1v) is 12.9. The summed E-state index contributed by atoms with van der Waals surface area (Å²) in [5.41, 5.74) is 2.16. The highest BCUT2D eigenvalue weighted by atomic mass is 35.5. The zero-order chi connectivity index (χ0) is 25.1. The fourth-order valence-electron chi connectivity index (χ4n) is 4.51. The summed E-state index contributed by atoms with van der Waals surface area (Å²) in [6.07, 6.45) is 2.00. The van der Waals surface area contributed by atoms with Crippen LogP contribution in [0.3, 0.4) is 0 Å². The second-order valence-electron chi connectivity index (χ2n) is 8.38. The minimum Gasteiger partial charge on any atom is -0.435 e. The molecule has 0 amide bonds. The average Bonchev–Trinajstić information content (AvgIpc) is 3.30. The molecule has 0 bridgehead atoms. The number of ether oxygens (including phenoxy) is 1. The maximum atomic E-state index is 15.1. The van der Waals surface area contributed by atoms with E-state index in [0.29, 0.717) is 32.4 Å². The average molecular weight is 522 g/mol. The Labute approximate surface area is 203 Å². The molecule has 2 aromatic heterocycles. The molecule has 2 aromatic carbocycles. The monoisotopic (exact) mass is 521 g/mol. The third kappa shape index (κ3) is 4.26. The Bertz CT molecular complexity index is 1560. The molecule has 0 saturated heterocycles. The van der Waals surface area contributed by atoms with Crippen LogP contribution < -0.4 is 4.74 Å². The lowest BCUT2D eigenvalue weighted by Gasteiger charge is -2.18. The van der Waals surface area contributed by atoms with Crippen LogP contribution >= 0.6 is 11.6 Å². The molecule has 35 heavy (non-hydrogen) atoms. The van der Waals surface area contributed by atoms with Crippen molar-refractivity contribution in [2.45, 2.75) is 29.9 Å². The fourth-order valence-corrected chi connectivity index (χ4v) is 5.35. The summed E-state index contributed by atoms with van der Waals surface area (Å²) < 4.78 is 67.2. The molecule has 3 atom stereocenters. The van der Waals surface area contributed by atoms with Gasteiger partial charge in [0.2, 0.25) is 0 Å². The zero-order valence-electron chi connectivity index (χ0n) is 18.2. The number of rotatable bonds is 5. The Morgan fingerprint density at radius 3 is 2.60 bits per heavy atom. The number of halogens is 4. The molecule has 2 N–H and O–H groups in total. The van der Waals surface area contributed by atoms with Gasteiger partial charge in [0.15, 0.2) is 0 Å². The van der Waals surface area contributed by atoms with Crippen molar-refractivity contribution >= 4 is 27.0 Å². The number of aromatic nitrogens is 2. The summed E-state index contributed by atoms with van der Waals surface area (Å²) >= 11 is 6.15. The van der Waals surface area contributed by atoms with Gasteiger partial charge in [-0.05, 0) is 42.3 Å². The summed E-state index contributed by atoms with van der Waals surface area (Å²) in [5.74, 6) is -1.22. The number of aliphatic hydroxyl groups excluding tert-OH is 1. The molecule has 182 valence electrons. The molecular weight excluding hydrogens is 503 g/mol. The van der Waals surface area contributed by atoms with E-state index in [9.17, 15) is 18.1 Å². The Hall–Kier alpha value is -3.08. The zero-order valence-corrected chi connectivity index (χ0v) is 19.8. The predicted molar refractivity (Wildman–Crippen MR) is 125 cm³/mol. The number of fused-ring (bicyclic) bond motifs is 3. The maximum absolute atomic E-state index is 15.1. The number of hydrogen-bond acceptors (Lipinski definition) is 5. The maximum Gasteiger partial charge on any atom is 0.387 e. The highest BCUT2D eigenvalue weighted by Gasteiger charge is 2.38. The number of imidazole rings is 1. The first-order valence-electron chi connectivity index (χ1n) is 10.5. The van der Waals surface area contributed by atoms with Crippen molar-refractivity contribution in [3.63, 3.8) is 0 Å². The molecule has 0 saturated carbocycles. The molecule has 0 unspecified atom stereocenters. The summed E-state index contributed by atoms with van der Waals surface area (Å²) in [6, 6.07) is 11.7. The third-order valence-corrected chi connectivity index (χ3v) is 7.47. The number of pyridine rings is 1. The van der Waals surface area contributed by atoms with Gasteiger partial charge >= 0.3 is 6.61 Å². The molecule has 1 aliphatic rings. The number of aliphatic hydroxyl groups is 1. The first-order chi connectivity index (χ1) is 16.5. The van der Waals surface area contributed by atoms with Gasteiger partial charge in [0, 0.05) is 45.5 Å². The van der Waals surface area contributed by atoms with Crippen LogP contribution in [-0.2, 0) is 9.73 Å². The molecule has 11 heteroatoms. The van der Waals surface area contributed by atoms with Gasteiger partial charge < -0.3 is 14.2 Å². The van der Waals surface area contributed by atoms with Gasteiger partial charge in [-0.3, -0.25) is 0 Å². The van der Waals surface area contributed by atoms with Gasteiger partial charge in [-0.1, -0.05) is 23.7 Å². The van der Waals surface area contributed by atoms with Crippen molar-refractivity contribution < 1.29 is 27.2 Å². The second-order valence-corrected chi connectivity index (χ2v) is 11.0. The molecule has 5 rings (SSSR count). The van der Waals surface area contributed by atoms with E-state index in [-0.39, 0.29) is 23.4 Å². The van der Waals surface area contributed by atoms with E-state index in [2.05, 4.69) is 4.98 Å². The highest BCUT2D eigenvalue weighted by Crippen LogP contribution is 2.47. The lowest BCUT2D eigenvalue weighted by atomic mass is 9.95. The molecule has 0 fully saturated rings. The van der Waals surface area contributed by atoms with E-state index in [1.165, 1.54) is 48.9 Å². The SMILES string of the molecule is C[S@](=N)(=O)c1ccc(-c2cn3c4c(nc3cc2F)[C@H](O)C[C@@H]4c2cc(Cl)ccc2OC(F)F)cc1. The summed E-state index contributed by atoms with van der Waals surface area (Å²) in [5, 5.41) is 11.0. The Balaban J connectivity index is 1.67. The number of nitrogens with one attached hydrogen (secondary N) is 1. The number of nitrogens with zero attached hydrogens (tertiary/aromatic N) is 2. The van der Waals surface area contributed by atoms with Crippen molar-refractivity contribution in [3.05, 3.63) is 82.5 Å². The predicted octanol–water partition coefficient (Wildman–Crippen LogP) is 6.00. The molecule has 0 aliphatic heterocycles. The topological polar surface area (TPSA) is 87.7 Å². The van der Waals surface area contributed by atoms with Crippen molar-refractivity contribution in [1.82, 2.24) is 9.38 Å². The minimum atomic E-state index is -3.05. The summed E-state index contributed by atoms with van der Waals surface area (Å²) in [7, 11) is -2.92. The van der Waals surface area contributed by atoms with E-state index in [1.54, 1.807) is 16.5 Å². The van der Waals surface area contributed by atoms with Crippen LogP contribution in [0, 0.1) is 10.6 Å². The van der Waals surface area contributed by atoms with Crippen LogP contribution in [0.4, 0.5) is 13.2 Å². The van der Waals surface area contributed by atoms with Crippen molar-refractivity contribution in [2.24, 2.45) is 0 Å². The smallest absolute Gasteiger partial charge is 0.387 e. The van der Waals surface area contributed by atoms with Gasteiger partial charge in [0.25, 0.3) is 0 Å². The molecule has 6 nitrogen and oxygen atoms in total. The number of benzene rings is 2. The quantitative estimate of drug-likeness (QED) is 0.337. The normalized spacial score (nSPS) is 19.2. The molecule has 0 spiro atoms. The van der Waals surface area contributed by atoms with E-state index in [1.807, 2.05) is 0 Å². The van der Waals surface area contributed by atoms with E-state index in [0.717, 1.165) is 0 Å². The van der Waals surface area contributed by atoms with Crippen LogP contribution in [0.15, 0.2) is 59.6 Å². The van der Waals surface area contributed by atoms with Gasteiger partial charge in [-0.15, -0.1) is 0 Å². The Morgan fingerprint density at radius 2 is 1.94 bits per heavy atom. The van der Waals surface area contributed by atoms with E-state index in [4.69, 9.17) is 21.1 Å². The number of alkyl halides is 2. The van der Waals surface area contributed by atoms with Gasteiger partial charge in [0.1, 0.15) is 17.2 Å². The van der Waals surface area contributed by atoms with Crippen molar-refractivity contribution in [3.8, 4) is 16.9 Å². The summed E-state index contributed by atoms with van der Waals surface area (Å²) in [6.45, 7) is -3.05. The van der Waals surface area contributed by atoms with E-state index >= 15 is 4.39 Å². The highest BCUT2D eigenvalue weighted by molar-refractivity contribution is 7.91. The molecule has 2 heterocycles. The lowest BCUT2D eigenvalue weighted by Crippen LogP contribution is -2.09. The molecular formula is C24H19ClF3N3O3S. The third-order valence-electron chi connectivity index (χ3n) is 6.06. The molecule has 0 radical (unpaired) electrons. The van der Waals surface area contributed by atoms with Crippen LogP contribution in [0.2, 0.25) is 5.02 Å². The van der Waals surface area contributed by atoms with Crippen molar-refractivity contribution in [1.29, 1.82) is 4.78 Å². The van der Waals surface area contributed by atoms with E-state index < -0.39 is 34.2 Å². The largest absolute Gasteiger partial charge is 0.435 e. The molecule has 4 aromatic rings. The van der Waals surface area contributed by atoms with Crippen molar-refractivity contribution in [2.75, 3.05) is 6.26 Å². The Kier molecular flexibility index (Phi) is 5.77. The van der Waals surface area contributed by atoms with Crippen LogP contribution in [0.1, 0.15) is 35.4 Å². The van der Waals surface area contributed by atoms with Crippen LogP contribution in [0.5, 0.6) is 5.75 Å². The standard InChI is InChI=1S/C24H19ClF3N3O3S/c1-35(29,33)14-5-2-12(3-6-14)17-11-31-21(10-18(17)26)30-22-19(32)9-16(23(22)31)15-8-13(25)4-7-20(15)34-24(27)28/h2-8,10-11,16,19,24,29,32H,9H2,1H3/t16-,19-,35+/m1/s1. The van der Waals surface area contributed by atoms with Gasteiger partial charge in [-0.2, -0.15) is 8.78 Å². The van der Waals surface area contributed by atoms with Gasteiger partial charge in [0.05, 0.1) is 27.2 Å². The number of hydrogen-bond donors (Lipinski definition) is 2. The molecule has 1 aliphatic carbocycles. The van der Waals surface area contributed by atoms with Crippen LogP contribution in [0.25, 0.3) is 16.8 Å². The second kappa shape index (κ2) is 8.54. The van der Waals surface area contributed by atoms with Crippen LogP contribution in [-0.4, -0.2) is 31.6 Å². The summed E-state index contributed by atoms with van der Waals surface area (Å²) in [4.78, 5) is 4.71. The minimum absolute atomic E-state index is 0.0686. The first kappa shape index (κ1) is 23.7. The Morgan fingerprint density at radius 1 is 1.23 bits per heavy atom.